The Morgan fingerprint density at radius 2 is 1.69 bits per heavy atom. The summed E-state index contributed by atoms with van der Waals surface area (Å²) in [7, 11) is 0. The maximum Gasteiger partial charge on any atom is 0.332 e. The van der Waals surface area contributed by atoms with Crippen LogP contribution in [0.3, 0.4) is 0 Å². The third-order valence-electron chi connectivity index (χ3n) is 7.99. The van der Waals surface area contributed by atoms with E-state index in [0.717, 1.165) is 12.1 Å². The lowest BCUT2D eigenvalue weighted by molar-refractivity contribution is -0.136. The van der Waals surface area contributed by atoms with E-state index in [2.05, 4.69) is 4.90 Å². The number of aliphatic carboxylic acids is 1. The van der Waals surface area contributed by atoms with Crippen molar-refractivity contribution in [3.8, 4) is 0 Å². The number of imidazole rings is 1. The van der Waals surface area contributed by atoms with Gasteiger partial charge >= 0.3 is 11.7 Å². The molecule has 2 heterocycles. The second kappa shape index (κ2) is 15.4. The van der Waals surface area contributed by atoms with Gasteiger partial charge in [0, 0.05) is 56.8 Å². The molecule has 45 heavy (non-hydrogen) atoms. The third kappa shape index (κ3) is 7.95. The Labute approximate surface area is 261 Å². The predicted molar refractivity (Wildman–Crippen MR) is 173 cm³/mol. The van der Waals surface area contributed by atoms with Crippen LogP contribution in [0.1, 0.15) is 60.4 Å². The average Bonchev–Trinajstić information content (AvgIpc) is 3.38. The van der Waals surface area contributed by atoms with Gasteiger partial charge in [0.25, 0.3) is 5.56 Å². The van der Waals surface area contributed by atoms with Crippen molar-refractivity contribution in [3.05, 3.63) is 91.9 Å². The highest BCUT2D eigenvalue weighted by Crippen LogP contribution is 2.20. The molecule has 0 aliphatic rings. The summed E-state index contributed by atoms with van der Waals surface area (Å²) in [5, 5.41) is 18.4. The molecule has 0 fully saturated rings. The van der Waals surface area contributed by atoms with E-state index in [1.807, 2.05) is 48.7 Å². The van der Waals surface area contributed by atoms with Gasteiger partial charge in [-0.1, -0.05) is 56.3 Å². The van der Waals surface area contributed by atoms with Gasteiger partial charge in [-0.25, -0.2) is 9.78 Å². The summed E-state index contributed by atoms with van der Waals surface area (Å²) >= 11 is 0. The number of aliphatic hydroxyl groups is 1. The lowest BCUT2D eigenvalue weighted by Crippen LogP contribution is -2.41. The Morgan fingerprint density at radius 3 is 2.33 bits per heavy atom. The first kappa shape index (κ1) is 33.3. The summed E-state index contributed by atoms with van der Waals surface area (Å²) in [4.78, 5) is 57.9. The number of hydrogen-bond acceptors (Lipinski definition) is 8. The molecule has 240 valence electrons. The van der Waals surface area contributed by atoms with Crippen LogP contribution in [0.2, 0.25) is 0 Å². The molecule has 0 radical (unpaired) electrons. The minimum Gasteiger partial charge on any atom is -0.481 e. The van der Waals surface area contributed by atoms with E-state index in [9.17, 15) is 24.3 Å². The summed E-state index contributed by atoms with van der Waals surface area (Å²) in [6.07, 6.45) is 1.02. The summed E-state index contributed by atoms with van der Waals surface area (Å²) in [6.45, 7) is 6.69. The zero-order valence-corrected chi connectivity index (χ0v) is 25.9. The van der Waals surface area contributed by atoms with Crippen LogP contribution in [0.4, 0.5) is 5.69 Å². The van der Waals surface area contributed by atoms with Crippen molar-refractivity contribution < 1.29 is 19.8 Å². The number of Topliss-reactive ketones (excluding diaryl/α,β-unsaturated/α-hetero) is 1. The highest BCUT2D eigenvalue weighted by molar-refractivity contribution is 5.98. The van der Waals surface area contributed by atoms with Crippen LogP contribution >= 0.6 is 0 Å². The fourth-order valence-electron chi connectivity index (χ4n) is 5.52. The predicted octanol–water partition coefficient (Wildman–Crippen LogP) is 2.55. The highest BCUT2D eigenvalue weighted by Gasteiger charge is 2.22. The Bertz CT molecular complexity index is 1760. The quantitative estimate of drug-likeness (QED) is 0.119. The smallest absolute Gasteiger partial charge is 0.332 e. The van der Waals surface area contributed by atoms with Crippen molar-refractivity contribution in [1.29, 1.82) is 0 Å². The van der Waals surface area contributed by atoms with E-state index in [1.165, 1.54) is 15.2 Å². The standard InChI is InChI=1S/C33H42N6O6/c1-3-15-39-32(44)30-31(35-28(21-23-8-6-5-7-9-23)37(30)18-17-36(4-2)19-20-40)38(33(39)45)16-14-24-10-11-25(22-26(24)34)27(41)12-13-29(42)43/h5-11,22,40H,3-4,12-21,34H2,1-2H3,(H,42,43). The summed E-state index contributed by atoms with van der Waals surface area (Å²) in [6, 6.07) is 14.7. The Hall–Kier alpha value is -4.55. The van der Waals surface area contributed by atoms with Crippen molar-refractivity contribution in [2.45, 2.75) is 65.6 Å². The van der Waals surface area contributed by atoms with E-state index >= 15 is 0 Å². The van der Waals surface area contributed by atoms with Crippen LogP contribution < -0.4 is 17.0 Å². The number of nitrogens with zero attached hydrogens (tertiary/aromatic N) is 5. The number of anilines is 1. The van der Waals surface area contributed by atoms with Crippen molar-refractivity contribution in [2.24, 2.45) is 0 Å². The molecule has 2 aromatic heterocycles. The molecular formula is C33H42N6O6. The van der Waals surface area contributed by atoms with E-state index in [-0.39, 0.29) is 43.9 Å². The Morgan fingerprint density at radius 1 is 0.933 bits per heavy atom. The number of aryl methyl sites for hydroxylation is 2. The molecule has 4 N–H and O–H groups in total. The number of nitrogen functional groups attached to an aromatic ring is 1. The number of carbonyl (C=O) groups excluding carboxylic acids is 1. The largest absolute Gasteiger partial charge is 0.481 e. The van der Waals surface area contributed by atoms with Gasteiger partial charge in [0.05, 0.1) is 13.0 Å². The van der Waals surface area contributed by atoms with Gasteiger partial charge in [-0.05, 0) is 36.6 Å². The third-order valence-corrected chi connectivity index (χ3v) is 7.99. The normalized spacial score (nSPS) is 11.5. The van der Waals surface area contributed by atoms with Crippen molar-refractivity contribution in [3.63, 3.8) is 0 Å². The first-order chi connectivity index (χ1) is 21.7. The average molecular weight is 619 g/mol. The molecule has 12 nitrogen and oxygen atoms in total. The molecule has 0 atom stereocenters. The fourth-order valence-corrected chi connectivity index (χ4v) is 5.52. The second-order valence-corrected chi connectivity index (χ2v) is 11.0. The molecule has 2 aromatic carbocycles. The number of aliphatic hydroxyl groups excluding tert-OH is 1. The van der Waals surface area contributed by atoms with Gasteiger partial charge in [-0.3, -0.25) is 28.4 Å². The van der Waals surface area contributed by atoms with Gasteiger partial charge in [-0.15, -0.1) is 0 Å². The first-order valence-electron chi connectivity index (χ1n) is 15.4. The summed E-state index contributed by atoms with van der Waals surface area (Å²) in [5.74, 6) is -0.687. The SMILES string of the molecule is CCCn1c(=O)c2c(nc(Cc3ccccc3)n2CCN(CC)CCO)n(CCc2ccc(C(=O)CCC(=O)O)cc2N)c1=O. The zero-order valence-electron chi connectivity index (χ0n) is 25.9. The van der Waals surface area contributed by atoms with Crippen LogP contribution in [0.25, 0.3) is 11.2 Å². The van der Waals surface area contributed by atoms with Gasteiger partial charge < -0.3 is 20.5 Å². The van der Waals surface area contributed by atoms with Gasteiger partial charge in [0.2, 0.25) is 0 Å². The lowest BCUT2D eigenvalue weighted by atomic mass is 10.0. The van der Waals surface area contributed by atoms with Crippen LogP contribution in [0.15, 0.2) is 58.1 Å². The molecule has 4 aromatic rings. The van der Waals surface area contributed by atoms with Crippen LogP contribution in [-0.2, 0) is 37.3 Å². The molecule has 0 saturated carbocycles. The number of aromatic nitrogens is 4. The summed E-state index contributed by atoms with van der Waals surface area (Å²) < 4.78 is 4.72. The molecule has 0 aliphatic heterocycles. The van der Waals surface area contributed by atoms with Crippen molar-refractivity contribution >= 4 is 28.6 Å². The minimum atomic E-state index is -1.05. The molecule has 12 heteroatoms. The topological polar surface area (TPSA) is 166 Å². The molecule has 0 amide bonds. The monoisotopic (exact) mass is 618 g/mol. The molecule has 0 bridgehead atoms. The van der Waals surface area contributed by atoms with Crippen LogP contribution in [0.5, 0.6) is 0 Å². The number of hydrogen-bond donors (Lipinski definition) is 3. The summed E-state index contributed by atoms with van der Waals surface area (Å²) in [5.41, 5.74) is 8.57. The van der Waals surface area contributed by atoms with E-state index in [4.69, 9.17) is 15.8 Å². The van der Waals surface area contributed by atoms with Crippen molar-refractivity contribution in [1.82, 2.24) is 23.6 Å². The number of carboxylic acids is 1. The minimum absolute atomic E-state index is 0.0266. The Kier molecular flexibility index (Phi) is 11.4. The molecule has 0 aliphatic carbocycles. The number of fused-ring (bicyclic) bond motifs is 1. The molecule has 0 unspecified atom stereocenters. The van der Waals surface area contributed by atoms with Gasteiger partial charge in [0.1, 0.15) is 5.82 Å². The van der Waals surface area contributed by atoms with E-state index in [1.54, 1.807) is 12.1 Å². The Balaban J connectivity index is 1.77. The second-order valence-electron chi connectivity index (χ2n) is 11.0. The van der Waals surface area contributed by atoms with E-state index < -0.39 is 11.7 Å². The maximum absolute atomic E-state index is 13.9. The molecule has 4 rings (SSSR count). The number of nitrogens with two attached hydrogens (primary N) is 1. The van der Waals surface area contributed by atoms with Gasteiger partial charge in [0.15, 0.2) is 16.9 Å². The number of carboxylic acid groups (broad SMARTS) is 1. The molecule has 0 saturated heterocycles. The van der Waals surface area contributed by atoms with Crippen LogP contribution in [0, 0.1) is 0 Å². The zero-order chi connectivity index (χ0) is 32.5. The number of carbonyl (C=O) groups is 2. The first-order valence-corrected chi connectivity index (χ1v) is 15.4. The number of ketones is 1. The number of benzene rings is 2. The number of rotatable bonds is 17. The maximum atomic E-state index is 13.9. The lowest BCUT2D eigenvalue weighted by Gasteiger charge is -2.20. The highest BCUT2D eigenvalue weighted by atomic mass is 16.4. The number of likely N-dealkylation sites (N-methyl/N-ethyl adjacent to an activating group) is 1. The fraction of sp³-hybridized carbons (Fsp3) is 0.424. The molecular weight excluding hydrogens is 576 g/mol. The molecule has 0 spiro atoms. The van der Waals surface area contributed by atoms with Crippen molar-refractivity contribution in [2.75, 3.05) is 32.0 Å². The van der Waals surface area contributed by atoms with Crippen LogP contribution in [-0.4, -0.2) is 71.8 Å². The van der Waals surface area contributed by atoms with E-state index in [0.29, 0.717) is 72.7 Å². The van der Waals surface area contributed by atoms with Gasteiger partial charge in [-0.2, -0.15) is 0 Å².